The van der Waals surface area contributed by atoms with Crippen LogP contribution >= 0.6 is 0 Å². The topological polar surface area (TPSA) is 86.5 Å². The van der Waals surface area contributed by atoms with Crippen LogP contribution in [-0.4, -0.2) is 26.2 Å². The first-order chi connectivity index (χ1) is 18.2. The van der Waals surface area contributed by atoms with Gasteiger partial charge in [-0.05, 0) is 17.2 Å². The predicted octanol–water partition coefficient (Wildman–Crippen LogP) is 5.92. The average molecular weight is 488 g/mol. The highest BCUT2D eigenvalue weighted by molar-refractivity contribution is 6.06. The summed E-state index contributed by atoms with van der Waals surface area (Å²) in [6.45, 7) is 2.02. The highest BCUT2D eigenvalue weighted by Gasteiger charge is 2.50. The predicted molar refractivity (Wildman–Crippen MR) is 137 cm³/mol. The fourth-order valence-corrected chi connectivity index (χ4v) is 6.03. The molecule has 0 spiro atoms. The van der Waals surface area contributed by atoms with E-state index < -0.39 is 5.41 Å². The number of para-hydroxylation sites is 1. The zero-order valence-electron chi connectivity index (χ0n) is 19.9. The number of oxazole rings is 2. The molecule has 2 aliphatic rings. The zero-order valence-corrected chi connectivity index (χ0v) is 19.9. The van der Waals surface area contributed by atoms with Crippen molar-refractivity contribution < 1.29 is 18.7 Å². The normalized spacial score (nSPS) is 17.2. The van der Waals surface area contributed by atoms with E-state index in [-0.39, 0.29) is 6.73 Å². The number of aliphatic hydroxyl groups is 1. The Hall–Kier alpha value is -4.62. The van der Waals surface area contributed by atoms with Crippen LogP contribution in [0.25, 0.3) is 44.9 Å². The first-order valence-electron chi connectivity index (χ1n) is 12.2. The van der Waals surface area contributed by atoms with Gasteiger partial charge < -0.3 is 23.2 Å². The van der Waals surface area contributed by atoms with Crippen LogP contribution in [-0.2, 0) is 12.1 Å². The first kappa shape index (κ1) is 20.6. The fraction of sp³-hybridized carbons (Fsp3) is 0.133. The van der Waals surface area contributed by atoms with Gasteiger partial charge in [0.1, 0.15) is 24.5 Å². The first-order valence-corrected chi connectivity index (χ1v) is 12.2. The van der Waals surface area contributed by atoms with Gasteiger partial charge in [-0.15, -0.1) is 0 Å². The molecule has 6 bridgehead atoms. The van der Waals surface area contributed by atoms with Gasteiger partial charge in [0.2, 0.25) is 5.89 Å². The van der Waals surface area contributed by atoms with Crippen LogP contribution in [0.5, 0.6) is 5.75 Å². The van der Waals surface area contributed by atoms with Gasteiger partial charge in [-0.3, -0.25) is 0 Å². The van der Waals surface area contributed by atoms with E-state index in [0.717, 1.165) is 44.5 Å². The monoisotopic (exact) mass is 487 g/mol. The molecule has 3 aromatic carbocycles. The Balaban J connectivity index is 1.58. The molecule has 3 aromatic heterocycles. The molecule has 0 saturated heterocycles. The number of aliphatic hydroxyl groups excluding tert-OH is 1. The van der Waals surface area contributed by atoms with E-state index in [2.05, 4.69) is 41.4 Å². The number of aryl methyl sites for hydroxylation is 1. The Kier molecular flexibility index (Phi) is 4.01. The molecular weight excluding hydrogens is 466 g/mol. The molecule has 180 valence electrons. The molecule has 0 aliphatic carbocycles. The van der Waals surface area contributed by atoms with E-state index >= 15 is 0 Å². The summed E-state index contributed by atoms with van der Waals surface area (Å²) >= 11 is 0. The number of benzene rings is 3. The van der Waals surface area contributed by atoms with Crippen molar-refractivity contribution in [3.05, 3.63) is 102 Å². The van der Waals surface area contributed by atoms with E-state index in [1.165, 1.54) is 0 Å². The SMILES string of the molecule is Cc1nc2c(o1)C1(c3ccccc3)COc3c(cccc31)-c1cccc3c1c(cn3CO)-c1cnc-2o1. The van der Waals surface area contributed by atoms with Crippen molar-refractivity contribution in [3.63, 3.8) is 0 Å². The van der Waals surface area contributed by atoms with Gasteiger partial charge in [0.15, 0.2) is 23.1 Å². The van der Waals surface area contributed by atoms with Crippen molar-refractivity contribution >= 4 is 10.9 Å². The number of rotatable bonds is 2. The lowest BCUT2D eigenvalue weighted by molar-refractivity contribution is 0.215. The van der Waals surface area contributed by atoms with Gasteiger partial charge in [-0.1, -0.05) is 60.7 Å². The molecule has 1 atom stereocenters. The lowest BCUT2D eigenvalue weighted by Crippen LogP contribution is -2.31. The van der Waals surface area contributed by atoms with Crippen molar-refractivity contribution in [2.45, 2.75) is 19.1 Å². The second-order valence-corrected chi connectivity index (χ2v) is 9.54. The molecule has 5 heterocycles. The van der Waals surface area contributed by atoms with Crippen molar-refractivity contribution in [1.82, 2.24) is 14.5 Å². The molecule has 0 saturated carbocycles. The van der Waals surface area contributed by atoms with Crippen LogP contribution in [0.3, 0.4) is 0 Å². The van der Waals surface area contributed by atoms with Crippen LogP contribution < -0.4 is 4.74 Å². The van der Waals surface area contributed by atoms with E-state index in [4.69, 9.17) is 18.6 Å². The standard InChI is InChI=1S/C30H21N3O4/c1-17-32-26-28(36-17)30(18-7-3-2-4-8-18)15-35-27-20(10-5-11-22(27)30)19-9-6-12-23-25(19)21(14-33(23)16-34)24-13-31-29(26)37-24/h2-14,34H,15-16H2,1H3. The number of ether oxygens (including phenoxy) is 1. The largest absolute Gasteiger partial charge is 0.491 e. The Morgan fingerprint density at radius 2 is 1.78 bits per heavy atom. The summed E-state index contributed by atoms with van der Waals surface area (Å²) in [5.74, 6) is 2.95. The van der Waals surface area contributed by atoms with Gasteiger partial charge in [0.05, 0.1) is 11.7 Å². The zero-order chi connectivity index (χ0) is 24.7. The third-order valence-electron chi connectivity index (χ3n) is 7.62. The van der Waals surface area contributed by atoms with Crippen LogP contribution in [0.4, 0.5) is 0 Å². The summed E-state index contributed by atoms with van der Waals surface area (Å²) in [6.07, 6.45) is 3.62. The molecule has 6 aromatic rings. The highest BCUT2D eigenvalue weighted by Crippen LogP contribution is 2.55. The molecule has 0 radical (unpaired) electrons. The Morgan fingerprint density at radius 1 is 0.946 bits per heavy atom. The highest BCUT2D eigenvalue weighted by atomic mass is 16.5. The maximum atomic E-state index is 10.1. The minimum Gasteiger partial charge on any atom is -0.491 e. The number of nitrogens with zero attached hydrogens (tertiary/aromatic N) is 3. The molecule has 1 N–H and O–H groups in total. The quantitative estimate of drug-likeness (QED) is 0.326. The van der Waals surface area contributed by atoms with Gasteiger partial charge in [0, 0.05) is 35.2 Å². The fourth-order valence-electron chi connectivity index (χ4n) is 6.03. The number of aromatic nitrogens is 3. The molecule has 8 rings (SSSR count). The summed E-state index contributed by atoms with van der Waals surface area (Å²) in [6, 6.07) is 22.6. The van der Waals surface area contributed by atoms with Crippen LogP contribution in [0.2, 0.25) is 0 Å². The summed E-state index contributed by atoms with van der Waals surface area (Å²) in [5.41, 5.74) is 5.55. The van der Waals surface area contributed by atoms with Gasteiger partial charge in [-0.2, -0.15) is 0 Å². The minimum atomic E-state index is -0.745. The lowest BCUT2D eigenvalue weighted by Gasteiger charge is -2.27. The van der Waals surface area contributed by atoms with E-state index in [9.17, 15) is 5.11 Å². The third-order valence-corrected chi connectivity index (χ3v) is 7.62. The number of hydrogen-bond donors (Lipinski definition) is 1. The number of fused-ring (bicyclic) bond motifs is 7. The second kappa shape index (κ2) is 7.21. The van der Waals surface area contributed by atoms with Crippen LogP contribution in [0, 0.1) is 6.92 Å². The Morgan fingerprint density at radius 3 is 2.65 bits per heavy atom. The third kappa shape index (κ3) is 2.58. The summed E-state index contributed by atoms with van der Waals surface area (Å²) in [5, 5.41) is 11.1. The molecule has 7 heteroatoms. The van der Waals surface area contributed by atoms with Crippen molar-refractivity contribution in [2.75, 3.05) is 6.61 Å². The van der Waals surface area contributed by atoms with Crippen molar-refractivity contribution in [3.8, 4) is 39.8 Å². The maximum absolute atomic E-state index is 10.1. The molecule has 1 unspecified atom stereocenters. The summed E-state index contributed by atoms with van der Waals surface area (Å²) < 4.78 is 21.2. The molecular formula is C30H21N3O4. The minimum absolute atomic E-state index is 0.159. The molecule has 37 heavy (non-hydrogen) atoms. The van der Waals surface area contributed by atoms with Gasteiger partial charge in [-0.25, -0.2) is 9.97 Å². The Labute approximate surface area is 211 Å². The van der Waals surface area contributed by atoms with Crippen LogP contribution in [0.15, 0.2) is 88.0 Å². The summed E-state index contributed by atoms with van der Waals surface area (Å²) in [7, 11) is 0. The number of hydrogen-bond acceptors (Lipinski definition) is 6. The molecule has 0 amide bonds. The molecule has 2 aliphatic heterocycles. The summed E-state index contributed by atoms with van der Waals surface area (Å²) in [4.78, 5) is 9.40. The van der Waals surface area contributed by atoms with E-state index in [0.29, 0.717) is 35.6 Å². The van der Waals surface area contributed by atoms with Crippen LogP contribution in [0.1, 0.15) is 22.8 Å². The van der Waals surface area contributed by atoms with Crippen molar-refractivity contribution in [1.29, 1.82) is 0 Å². The molecule has 7 nitrogen and oxygen atoms in total. The smallest absolute Gasteiger partial charge is 0.249 e. The Bertz CT molecular complexity index is 1850. The second-order valence-electron chi connectivity index (χ2n) is 9.54. The maximum Gasteiger partial charge on any atom is 0.249 e. The van der Waals surface area contributed by atoms with E-state index in [1.807, 2.05) is 43.5 Å². The van der Waals surface area contributed by atoms with Gasteiger partial charge >= 0.3 is 0 Å². The van der Waals surface area contributed by atoms with Crippen molar-refractivity contribution in [2.24, 2.45) is 0 Å². The van der Waals surface area contributed by atoms with E-state index in [1.54, 1.807) is 10.8 Å². The molecule has 0 fully saturated rings. The average Bonchev–Trinajstić information content (AvgIpc) is 3.71. The van der Waals surface area contributed by atoms with Gasteiger partial charge in [0.25, 0.3) is 0 Å². The lowest BCUT2D eigenvalue weighted by atomic mass is 9.73.